The Kier molecular flexibility index (Phi) is 6.18. The maximum Gasteiger partial charge on any atom is 0.310 e. The maximum atomic E-state index is 11.8. The summed E-state index contributed by atoms with van der Waals surface area (Å²) < 4.78 is 4.99. The predicted molar refractivity (Wildman–Crippen MR) is 89.1 cm³/mol. The van der Waals surface area contributed by atoms with Crippen LogP contribution >= 0.6 is 11.6 Å². The van der Waals surface area contributed by atoms with Crippen LogP contribution in [0.1, 0.15) is 24.1 Å². The molecule has 1 atom stereocenters. The van der Waals surface area contributed by atoms with Gasteiger partial charge < -0.3 is 10.1 Å². The van der Waals surface area contributed by atoms with Crippen LogP contribution in [0.15, 0.2) is 54.6 Å². The second kappa shape index (κ2) is 8.34. The largest absolute Gasteiger partial charge is 0.455 e. The first kappa shape index (κ1) is 17.0. The highest BCUT2D eigenvalue weighted by atomic mass is 35.5. The number of hydrogen-bond acceptors (Lipinski definition) is 3. The van der Waals surface area contributed by atoms with E-state index in [1.54, 1.807) is 24.3 Å². The third-order valence-electron chi connectivity index (χ3n) is 3.30. The Morgan fingerprint density at radius 3 is 2.39 bits per heavy atom. The van der Waals surface area contributed by atoms with E-state index in [4.69, 9.17) is 16.3 Å². The summed E-state index contributed by atoms with van der Waals surface area (Å²) in [5.41, 5.74) is 1.78. The summed E-state index contributed by atoms with van der Waals surface area (Å²) in [4.78, 5) is 23.5. The van der Waals surface area contributed by atoms with E-state index in [0.717, 1.165) is 11.1 Å². The molecule has 0 unspecified atom stereocenters. The number of rotatable bonds is 6. The molecule has 0 saturated heterocycles. The van der Waals surface area contributed by atoms with Crippen molar-refractivity contribution in [3.63, 3.8) is 0 Å². The molecule has 1 amide bonds. The fraction of sp³-hybridized carbons (Fsp3) is 0.222. The van der Waals surface area contributed by atoms with Gasteiger partial charge in [-0.15, -0.1) is 0 Å². The van der Waals surface area contributed by atoms with Gasteiger partial charge >= 0.3 is 5.97 Å². The van der Waals surface area contributed by atoms with Crippen LogP contribution in [0.25, 0.3) is 0 Å². The molecule has 0 aliphatic rings. The molecule has 2 aromatic rings. The van der Waals surface area contributed by atoms with Crippen molar-refractivity contribution in [3.8, 4) is 0 Å². The molecule has 0 aliphatic heterocycles. The van der Waals surface area contributed by atoms with Crippen molar-refractivity contribution in [2.45, 2.75) is 19.4 Å². The van der Waals surface area contributed by atoms with Gasteiger partial charge in [-0.05, 0) is 30.2 Å². The Balaban J connectivity index is 1.75. The number of ether oxygens (including phenoxy) is 1. The zero-order valence-corrected chi connectivity index (χ0v) is 13.5. The zero-order chi connectivity index (χ0) is 16.7. The summed E-state index contributed by atoms with van der Waals surface area (Å²) >= 11 is 5.78. The van der Waals surface area contributed by atoms with Gasteiger partial charge in [0, 0.05) is 5.02 Å². The quantitative estimate of drug-likeness (QED) is 0.826. The Morgan fingerprint density at radius 1 is 1.09 bits per heavy atom. The van der Waals surface area contributed by atoms with Crippen LogP contribution in [-0.2, 0) is 20.7 Å². The molecule has 5 heteroatoms. The van der Waals surface area contributed by atoms with Crippen LogP contribution < -0.4 is 5.32 Å². The van der Waals surface area contributed by atoms with Gasteiger partial charge in [-0.25, -0.2) is 0 Å². The van der Waals surface area contributed by atoms with Gasteiger partial charge in [-0.1, -0.05) is 54.1 Å². The maximum absolute atomic E-state index is 11.8. The minimum atomic E-state index is -0.449. The normalized spacial score (nSPS) is 11.6. The van der Waals surface area contributed by atoms with Crippen LogP contribution in [0.3, 0.4) is 0 Å². The molecule has 0 radical (unpaired) electrons. The second-order valence-electron chi connectivity index (χ2n) is 5.16. The molecular formula is C18H18ClNO3. The molecule has 1 N–H and O–H groups in total. The molecule has 2 rings (SSSR count). The fourth-order valence-electron chi connectivity index (χ4n) is 2.07. The number of esters is 1. The number of amides is 1. The van der Waals surface area contributed by atoms with Gasteiger partial charge in [0.2, 0.25) is 0 Å². The third kappa shape index (κ3) is 5.75. The molecule has 0 bridgehead atoms. The number of hydrogen-bond donors (Lipinski definition) is 1. The number of carbonyl (C=O) groups is 2. The highest BCUT2D eigenvalue weighted by Gasteiger charge is 2.12. The summed E-state index contributed by atoms with van der Waals surface area (Å²) in [6.45, 7) is 1.59. The SMILES string of the molecule is C[C@H](NC(=O)COC(=O)Cc1ccc(Cl)cc1)c1ccccc1. The smallest absolute Gasteiger partial charge is 0.310 e. The lowest BCUT2D eigenvalue weighted by Gasteiger charge is -2.14. The highest BCUT2D eigenvalue weighted by molar-refractivity contribution is 6.30. The van der Waals surface area contributed by atoms with Gasteiger partial charge in [0.25, 0.3) is 5.91 Å². The van der Waals surface area contributed by atoms with Crippen molar-refractivity contribution < 1.29 is 14.3 Å². The molecule has 0 fully saturated rings. The van der Waals surface area contributed by atoms with Gasteiger partial charge in [0.05, 0.1) is 12.5 Å². The first-order valence-corrected chi connectivity index (χ1v) is 7.67. The molecule has 2 aromatic carbocycles. The molecular weight excluding hydrogens is 314 g/mol. The average molecular weight is 332 g/mol. The molecule has 0 aliphatic carbocycles. The Labute approximate surface area is 140 Å². The fourth-order valence-corrected chi connectivity index (χ4v) is 2.20. The molecule has 23 heavy (non-hydrogen) atoms. The van der Waals surface area contributed by atoms with Crippen molar-refractivity contribution in [2.75, 3.05) is 6.61 Å². The second-order valence-corrected chi connectivity index (χ2v) is 5.60. The van der Waals surface area contributed by atoms with Crippen molar-refractivity contribution in [1.29, 1.82) is 0 Å². The minimum Gasteiger partial charge on any atom is -0.455 e. The van der Waals surface area contributed by atoms with Crippen LogP contribution in [-0.4, -0.2) is 18.5 Å². The van der Waals surface area contributed by atoms with Crippen LogP contribution in [0.2, 0.25) is 5.02 Å². The van der Waals surface area contributed by atoms with Crippen LogP contribution in [0.4, 0.5) is 0 Å². The van der Waals surface area contributed by atoms with Crippen molar-refractivity contribution in [2.24, 2.45) is 0 Å². The van der Waals surface area contributed by atoms with Gasteiger partial charge in [-0.2, -0.15) is 0 Å². The molecule has 0 saturated carbocycles. The van der Waals surface area contributed by atoms with E-state index in [1.807, 2.05) is 37.3 Å². The lowest BCUT2D eigenvalue weighted by molar-refractivity contribution is -0.148. The summed E-state index contributed by atoms with van der Waals surface area (Å²) in [5, 5.41) is 3.40. The predicted octanol–water partition coefficient (Wildman–Crippen LogP) is 3.30. The van der Waals surface area contributed by atoms with E-state index < -0.39 is 5.97 Å². The number of benzene rings is 2. The lowest BCUT2D eigenvalue weighted by Crippen LogP contribution is -2.31. The van der Waals surface area contributed by atoms with Gasteiger partial charge in [-0.3, -0.25) is 9.59 Å². The molecule has 0 heterocycles. The first-order valence-electron chi connectivity index (χ1n) is 7.29. The van der Waals surface area contributed by atoms with Gasteiger partial charge in [0.1, 0.15) is 0 Å². The molecule has 0 spiro atoms. The summed E-state index contributed by atoms with van der Waals surface area (Å²) in [7, 11) is 0. The topological polar surface area (TPSA) is 55.4 Å². The number of halogens is 1. The molecule has 4 nitrogen and oxygen atoms in total. The zero-order valence-electron chi connectivity index (χ0n) is 12.8. The van der Waals surface area contributed by atoms with Crippen LogP contribution in [0.5, 0.6) is 0 Å². The Bertz CT molecular complexity index is 656. The number of nitrogens with one attached hydrogen (secondary N) is 1. The number of carbonyl (C=O) groups excluding carboxylic acids is 2. The molecule has 0 aromatic heterocycles. The Hall–Kier alpha value is -2.33. The van der Waals surface area contributed by atoms with E-state index in [2.05, 4.69) is 5.32 Å². The monoisotopic (exact) mass is 331 g/mol. The first-order chi connectivity index (χ1) is 11.0. The van der Waals surface area contributed by atoms with Crippen molar-refractivity contribution >= 4 is 23.5 Å². The average Bonchev–Trinajstić information content (AvgIpc) is 2.56. The summed E-state index contributed by atoms with van der Waals surface area (Å²) in [5.74, 6) is -0.777. The van der Waals surface area contributed by atoms with Crippen LogP contribution in [0, 0.1) is 0 Å². The van der Waals surface area contributed by atoms with E-state index >= 15 is 0 Å². The van der Waals surface area contributed by atoms with E-state index in [-0.39, 0.29) is 25.0 Å². The summed E-state index contributed by atoms with van der Waals surface area (Å²) in [6, 6.07) is 16.4. The van der Waals surface area contributed by atoms with Gasteiger partial charge in [0.15, 0.2) is 6.61 Å². The van der Waals surface area contributed by atoms with E-state index in [1.165, 1.54) is 0 Å². The summed E-state index contributed by atoms with van der Waals surface area (Å²) in [6.07, 6.45) is 0.110. The third-order valence-corrected chi connectivity index (χ3v) is 3.56. The molecule has 120 valence electrons. The standard InChI is InChI=1S/C18H18ClNO3/c1-13(15-5-3-2-4-6-15)20-17(21)12-23-18(22)11-14-7-9-16(19)10-8-14/h2-10,13H,11-12H2,1H3,(H,20,21)/t13-/m0/s1. The van der Waals surface area contributed by atoms with E-state index in [9.17, 15) is 9.59 Å². The van der Waals surface area contributed by atoms with Crippen molar-refractivity contribution in [3.05, 3.63) is 70.7 Å². The van der Waals surface area contributed by atoms with Crippen molar-refractivity contribution in [1.82, 2.24) is 5.32 Å². The van der Waals surface area contributed by atoms with E-state index in [0.29, 0.717) is 5.02 Å². The highest BCUT2D eigenvalue weighted by Crippen LogP contribution is 2.11. The lowest BCUT2D eigenvalue weighted by atomic mass is 10.1. The minimum absolute atomic E-state index is 0.110. The Morgan fingerprint density at radius 2 is 1.74 bits per heavy atom.